The van der Waals surface area contributed by atoms with Gasteiger partial charge in [-0.1, -0.05) is 11.8 Å². The lowest BCUT2D eigenvalue weighted by Crippen LogP contribution is -2.08. The van der Waals surface area contributed by atoms with E-state index in [9.17, 15) is 0 Å². The molecule has 1 aliphatic rings. The predicted octanol–water partition coefficient (Wildman–Crippen LogP) is 1.76. The number of hydrogen-bond acceptors (Lipinski definition) is 4. The lowest BCUT2D eigenvalue weighted by Gasteiger charge is -2.08. The summed E-state index contributed by atoms with van der Waals surface area (Å²) in [4.78, 5) is 4.30. The van der Waals surface area contributed by atoms with Gasteiger partial charge in [0, 0.05) is 31.1 Å². The van der Waals surface area contributed by atoms with Gasteiger partial charge in [-0.05, 0) is 6.92 Å². The molecule has 2 rings (SSSR count). The average molecular weight is 228 g/mol. The summed E-state index contributed by atoms with van der Waals surface area (Å²) in [5.74, 6) is 0.988. The second-order valence-electron chi connectivity index (χ2n) is 3.30. The molecule has 0 aromatic carbocycles. The van der Waals surface area contributed by atoms with E-state index in [2.05, 4.69) is 16.5 Å². The summed E-state index contributed by atoms with van der Waals surface area (Å²) in [6, 6.07) is 0. The SMILES string of the molecule is CCn1ccnc1SCCC1OCCO1. The van der Waals surface area contributed by atoms with Crippen LogP contribution in [-0.2, 0) is 16.0 Å². The molecular weight excluding hydrogens is 212 g/mol. The normalized spacial score (nSPS) is 17.4. The van der Waals surface area contributed by atoms with Crippen molar-refractivity contribution in [2.45, 2.75) is 31.3 Å². The maximum Gasteiger partial charge on any atom is 0.167 e. The standard InChI is InChI=1S/C10H16N2O2S/c1-2-12-5-4-11-10(12)15-8-3-9-13-6-7-14-9/h4-5,9H,2-3,6-8H2,1H3. The number of hydrogen-bond donors (Lipinski definition) is 0. The van der Waals surface area contributed by atoms with E-state index in [1.165, 1.54) is 0 Å². The first-order valence-corrected chi connectivity index (χ1v) is 6.26. The number of thioether (sulfide) groups is 1. The summed E-state index contributed by atoms with van der Waals surface area (Å²) < 4.78 is 12.9. The lowest BCUT2D eigenvalue weighted by molar-refractivity contribution is -0.0421. The van der Waals surface area contributed by atoms with Gasteiger partial charge in [0.2, 0.25) is 0 Å². The van der Waals surface area contributed by atoms with E-state index < -0.39 is 0 Å². The number of nitrogens with zero attached hydrogens (tertiary/aromatic N) is 2. The first-order valence-electron chi connectivity index (χ1n) is 5.27. The first kappa shape index (κ1) is 11.0. The van der Waals surface area contributed by atoms with Crippen molar-refractivity contribution in [2.75, 3.05) is 19.0 Å². The largest absolute Gasteiger partial charge is 0.350 e. The van der Waals surface area contributed by atoms with Crippen LogP contribution < -0.4 is 0 Å². The van der Waals surface area contributed by atoms with Crippen LogP contribution in [0.3, 0.4) is 0 Å². The zero-order chi connectivity index (χ0) is 10.5. The van der Waals surface area contributed by atoms with Crippen LogP contribution in [0, 0.1) is 0 Å². The van der Waals surface area contributed by atoms with Crippen molar-refractivity contribution in [1.29, 1.82) is 0 Å². The molecule has 4 nitrogen and oxygen atoms in total. The van der Waals surface area contributed by atoms with Gasteiger partial charge >= 0.3 is 0 Å². The summed E-state index contributed by atoms with van der Waals surface area (Å²) in [6.45, 7) is 4.56. The Balaban J connectivity index is 1.73. The minimum Gasteiger partial charge on any atom is -0.350 e. The summed E-state index contributed by atoms with van der Waals surface area (Å²) in [7, 11) is 0. The molecule has 84 valence electrons. The second-order valence-corrected chi connectivity index (χ2v) is 4.37. The minimum absolute atomic E-state index is 0.00235. The van der Waals surface area contributed by atoms with Crippen molar-refractivity contribution in [3.05, 3.63) is 12.4 Å². The Hall–Kier alpha value is -0.520. The molecule has 0 unspecified atom stereocenters. The number of ether oxygens (including phenoxy) is 2. The molecule has 2 heterocycles. The number of rotatable bonds is 5. The molecule has 5 heteroatoms. The van der Waals surface area contributed by atoms with Gasteiger partial charge in [-0.2, -0.15) is 0 Å². The molecule has 0 N–H and O–H groups in total. The Kier molecular flexibility index (Phi) is 4.05. The molecule has 0 atom stereocenters. The summed E-state index contributed by atoms with van der Waals surface area (Å²) in [6.07, 6.45) is 4.78. The van der Waals surface area contributed by atoms with Gasteiger partial charge in [-0.3, -0.25) is 0 Å². The highest BCUT2D eigenvalue weighted by Gasteiger charge is 2.15. The smallest absolute Gasteiger partial charge is 0.167 e. The van der Waals surface area contributed by atoms with Crippen molar-refractivity contribution < 1.29 is 9.47 Å². The highest BCUT2D eigenvalue weighted by molar-refractivity contribution is 7.99. The molecular formula is C10H16N2O2S. The summed E-state index contributed by atoms with van der Waals surface area (Å²) in [5, 5.41) is 1.08. The number of imidazole rings is 1. The van der Waals surface area contributed by atoms with Crippen LogP contribution in [0.1, 0.15) is 13.3 Å². The van der Waals surface area contributed by atoms with Crippen LogP contribution >= 0.6 is 11.8 Å². The fourth-order valence-corrected chi connectivity index (χ4v) is 2.48. The van der Waals surface area contributed by atoms with Crippen molar-refractivity contribution in [1.82, 2.24) is 9.55 Å². The molecule has 1 fully saturated rings. The maximum absolute atomic E-state index is 5.37. The molecule has 1 aromatic heterocycles. The van der Waals surface area contributed by atoms with Gasteiger partial charge < -0.3 is 14.0 Å². The lowest BCUT2D eigenvalue weighted by atomic mass is 10.5. The van der Waals surface area contributed by atoms with Gasteiger partial charge in [0.05, 0.1) is 13.2 Å². The third kappa shape index (κ3) is 2.96. The predicted molar refractivity (Wildman–Crippen MR) is 58.9 cm³/mol. The van der Waals surface area contributed by atoms with Crippen LogP contribution in [0.5, 0.6) is 0 Å². The molecule has 0 bridgehead atoms. The van der Waals surface area contributed by atoms with Gasteiger partial charge in [0.15, 0.2) is 11.4 Å². The van der Waals surface area contributed by atoms with Gasteiger partial charge in [0.25, 0.3) is 0 Å². The minimum atomic E-state index is 0.00235. The van der Waals surface area contributed by atoms with E-state index in [-0.39, 0.29) is 6.29 Å². The molecule has 0 saturated carbocycles. The molecule has 0 spiro atoms. The topological polar surface area (TPSA) is 36.3 Å². The second kappa shape index (κ2) is 5.53. The Morgan fingerprint density at radius 3 is 3.07 bits per heavy atom. The highest BCUT2D eigenvalue weighted by Crippen LogP contribution is 2.19. The van der Waals surface area contributed by atoms with Gasteiger partial charge in [0.1, 0.15) is 0 Å². The van der Waals surface area contributed by atoms with Crippen LogP contribution in [0.25, 0.3) is 0 Å². The van der Waals surface area contributed by atoms with Crippen LogP contribution in [0.15, 0.2) is 17.6 Å². The zero-order valence-corrected chi connectivity index (χ0v) is 9.70. The fraction of sp³-hybridized carbons (Fsp3) is 0.700. The van der Waals surface area contributed by atoms with Crippen molar-refractivity contribution >= 4 is 11.8 Å². The van der Waals surface area contributed by atoms with Crippen LogP contribution in [0.4, 0.5) is 0 Å². The van der Waals surface area contributed by atoms with Gasteiger partial charge in [-0.15, -0.1) is 0 Å². The van der Waals surface area contributed by atoms with E-state index in [0.717, 1.165) is 37.1 Å². The van der Waals surface area contributed by atoms with Crippen LogP contribution in [-0.4, -0.2) is 34.8 Å². The zero-order valence-electron chi connectivity index (χ0n) is 8.89. The Bertz CT molecular complexity index is 297. The van der Waals surface area contributed by atoms with Crippen molar-refractivity contribution in [3.8, 4) is 0 Å². The molecule has 0 amide bonds. The average Bonchev–Trinajstić information content (AvgIpc) is 2.88. The maximum atomic E-state index is 5.37. The van der Waals surface area contributed by atoms with E-state index in [0.29, 0.717) is 0 Å². The summed E-state index contributed by atoms with van der Waals surface area (Å²) in [5.41, 5.74) is 0. The Morgan fingerprint density at radius 2 is 2.33 bits per heavy atom. The monoisotopic (exact) mass is 228 g/mol. The molecule has 0 aliphatic carbocycles. The van der Waals surface area contributed by atoms with Gasteiger partial charge in [-0.25, -0.2) is 4.98 Å². The molecule has 15 heavy (non-hydrogen) atoms. The highest BCUT2D eigenvalue weighted by atomic mass is 32.2. The number of aromatic nitrogens is 2. The van der Waals surface area contributed by atoms with E-state index in [1.54, 1.807) is 11.8 Å². The third-order valence-corrected chi connectivity index (χ3v) is 3.33. The van der Waals surface area contributed by atoms with Crippen molar-refractivity contribution in [3.63, 3.8) is 0 Å². The Morgan fingerprint density at radius 1 is 1.53 bits per heavy atom. The fourth-order valence-electron chi connectivity index (χ4n) is 1.50. The summed E-state index contributed by atoms with van der Waals surface area (Å²) >= 11 is 1.76. The van der Waals surface area contributed by atoms with E-state index >= 15 is 0 Å². The molecule has 1 aliphatic heterocycles. The molecule has 1 aromatic rings. The van der Waals surface area contributed by atoms with Crippen LogP contribution in [0.2, 0.25) is 0 Å². The van der Waals surface area contributed by atoms with E-state index in [4.69, 9.17) is 9.47 Å². The third-order valence-electron chi connectivity index (χ3n) is 2.29. The quantitative estimate of drug-likeness (QED) is 0.719. The molecule has 0 radical (unpaired) electrons. The number of aryl methyl sites for hydroxylation is 1. The van der Waals surface area contributed by atoms with Crippen molar-refractivity contribution in [2.24, 2.45) is 0 Å². The van der Waals surface area contributed by atoms with E-state index in [1.807, 2.05) is 12.4 Å². The molecule has 1 saturated heterocycles. The first-order chi connectivity index (χ1) is 7.40. The Labute approximate surface area is 94.0 Å².